The van der Waals surface area contributed by atoms with Gasteiger partial charge in [0.25, 0.3) is 0 Å². The molecule has 2 fully saturated rings. The standard InChI is InChI=1S/C29H36N6O3/c1-2-20(17-25-32-34-35-33-25)21-13-15-22(16-14-21)30-28(36)26-23-11-7-4-8-12-24(23)27(26)31-29(37)38-18-19-9-5-3-6-10-19/h3,5-6,9-10,13-16,20,23-24,26-27H,2,4,7-8,11-12,17-18H2,1H3,(H,30,36)(H,31,37)(H,32,33,34,35)/t20-,23+,24-,26+,27-/m1/s1. The molecule has 2 saturated carbocycles. The fourth-order valence-corrected chi connectivity index (χ4v) is 6.15. The molecule has 5 atom stereocenters. The maximum Gasteiger partial charge on any atom is 0.407 e. The monoisotopic (exact) mass is 516 g/mol. The summed E-state index contributed by atoms with van der Waals surface area (Å²) in [6.07, 6.45) is 6.68. The minimum Gasteiger partial charge on any atom is -0.445 e. The number of hydrogen-bond donors (Lipinski definition) is 3. The summed E-state index contributed by atoms with van der Waals surface area (Å²) in [4.78, 5) is 26.2. The Bertz CT molecular complexity index is 1180. The van der Waals surface area contributed by atoms with Crippen molar-refractivity contribution in [3.05, 3.63) is 71.5 Å². The lowest BCUT2D eigenvalue weighted by Crippen LogP contribution is -2.63. The van der Waals surface area contributed by atoms with Crippen molar-refractivity contribution in [2.75, 3.05) is 5.32 Å². The number of carbonyl (C=O) groups is 2. The lowest BCUT2D eigenvalue weighted by Gasteiger charge is -2.50. The maximum atomic E-state index is 13.5. The van der Waals surface area contributed by atoms with Crippen LogP contribution >= 0.6 is 0 Å². The second-order valence-corrected chi connectivity index (χ2v) is 10.5. The van der Waals surface area contributed by atoms with Crippen LogP contribution in [-0.2, 0) is 22.6 Å². The summed E-state index contributed by atoms with van der Waals surface area (Å²) in [5.41, 5.74) is 2.86. The molecule has 38 heavy (non-hydrogen) atoms. The summed E-state index contributed by atoms with van der Waals surface area (Å²) >= 11 is 0. The quantitative estimate of drug-likeness (QED) is 0.368. The van der Waals surface area contributed by atoms with Crippen LogP contribution < -0.4 is 10.6 Å². The van der Waals surface area contributed by atoms with E-state index in [0.29, 0.717) is 18.2 Å². The number of tetrazole rings is 1. The Morgan fingerprint density at radius 3 is 2.50 bits per heavy atom. The van der Waals surface area contributed by atoms with E-state index in [4.69, 9.17) is 4.74 Å². The zero-order valence-electron chi connectivity index (χ0n) is 21.8. The van der Waals surface area contributed by atoms with E-state index in [-0.39, 0.29) is 36.3 Å². The van der Waals surface area contributed by atoms with Crippen LogP contribution in [0.15, 0.2) is 54.6 Å². The molecule has 5 rings (SSSR count). The van der Waals surface area contributed by atoms with Gasteiger partial charge < -0.3 is 15.4 Å². The highest BCUT2D eigenvalue weighted by Crippen LogP contribution is 2.49. The van der Waals surface area contributed by atoms with Gasteiger partial charge in [0.1, 0.15) is 6.61 Å². The molecule has 3 N–H and O–H groups in total. The third kappa shape index (κ3) is 6.03. The Hall–Kier alpha value is -3.75. The highest BCUT2D eigenvalue weighted by atomic mass is 16.5. The van der Waals surface area contributed by atoms with Crippen LogP contribution in [-0.4, -0.2) is 38.7 Å². The fraction of sp³-hybridized carbons (Fsp3) is 0.483. The van der Waals surface area contributed by atoms with E-state index in [1.807, 2.05) is 42.5 Å². The van der Waals surface area contributed by atoms with Gasteiger partial charge in [0.15, 0.2) is 5.82 Å². The van der Waals surface area contributed by atoms with Crippen LogP contribution in [0.2, 0.25) is 0 Å². The van der Waals surface area contributed by atoms with Crippen molar-refractivity contribution in [1.29, 1.82) is 0 Å². The number of hydrogen-bond acceptors (Lipinski definition) is 6. The molecular weight excluding hydrogens is 480 g/mol. The van der Waals surface area contributed by atoms with E-state index in [9.17, 15) is 9.59 Å². The Morgan fingerprint density at radius 1 is 1.03 bits per heavy atom. The van der Waals surface area contributed by atoms with Gasteiger partial charge in [-0.1, -0.05) is 73.9 Å². The molecule has 2 aliphatic carbocycles. The highest BCUT2D eigenvalue weighted by molar-refractivity contribution is 5.94. The first kappa shape index (κ1) is 25.9. The molecule has 1 heterocycles. The number of nitrogens with zero attached hydrogens (tertiary/aromatic N) is 3. The lowest BCUT2D eigenvalue weighted by molar-refractivity contribution is -0.131. The number of aromatic amines is 1. The molecule has 0 aliphatic heterocycles. The largest absolute Gasteiger partial charge is 0.445 e. The third-order valence-electron chi connectivity index (χ3n) is 8.19. The first-order valence-corrected chi connectivity index (χ1v) is 13.7. The molecule has 0 saturated heterocycles. The second-order valence-electron chi connectivity index (χ2n) is 10.5. The summed E-state index contributed by atoms with van der Waals surface area (Å²) < 4.78 is 5.48. The van der Waals surface area contributed by atoms with E-state index in [1.165, 1.54) is 12.0 Å². The summed E-state index contributed by atoms with van der Waals surface area (Å²) in [6, 6.07) is 17.4. The van der Waals surface area contributed by atoms with Crippen LogP contribution in [0.1, 0.15) is 68.3 Å². The maximum absolute atomic E-state index is 13.5. The Kier molecular flexibility index (Phi) is 8.31. The second kappa shape index (κ2) is 12.2. The minimum absolute atomic E-state index is 0.0342. The molecule has 9 heteroatoms. The molecule has 9 nitrogen and oxygen atoms in total. The van der Waals surface area contributed by atoms with Crippen molar-refractivity contribution in [3.63, 3.8) is 0 Å². The van der Waals surface area contributed by atoms with Crippen molar-refractivity contribution in [1.82, 2.24) is 25.9 Å². The molecule has 200 valence electrons. The van der Waals surface area contributed by atoms with Gasteiger partial charge >= 0.3 is 6.09 Å². The van der Waals surface area contributed by atoms with Crippen molar-refractivity contribution in [2.45, 2.75) is 70.4 Å². The summed E-state index contributed by atoms with van der Waals surface area (Å²) in [6.45, 7) is 2.35. The Morgan fingerprint density at radius 2 is 1.79 bits per heavy atom. The normalized spacial score (nSPS) is 23.3. The number of aromatic nitrogens is 4. The predicted octanol–water partition coefficient (Wildman–Crippen LogP) is 5.00. The molecule has 2 aromatic carbocycles. The van der Waals surface area contributed by atoms with Gasteiger partial charge in [0, 0.05) is 18.2 Å². The van der Waals surface area contributed by atoms with E-state index in [2.05, 4.69) is 50.3 Å². The lowest BCUT2D eigenvalue weighted by atomic mass is 9.58. The van der Waals surface area contributed by atoms with Gasteiger partial charge in [-0.2, -0.15) is 5.21 Å². The van der Waals surface area contributed by atoms with E-state index >= 15 is 0 Å². The average Bonchev–Trinajstić information content (AvgIpc) is 3.37. The van der Waals surface area contributed by atoms with Gasteiger partial charge in [-0.15, -0.1) is 10.2 Å². The van der Waals surface area contributed by atoms with E-state index in [1.54, 1.807) is 0 Å². The van der Waals surface area contributed by atoms with Crippen LogP contribution in [0.3, 0.4) is 0 Å². The molecule has 0 spiro atoms. The van der Waals surface area contributed by atoms with Gasteiger partial charge in [-0.05, 0) is 60.3 Å². The SMILES string of the molecule is CC[C@H](Cc1nn[nH]n1)c1ccc(NC(=O)[C@H]2[C@H]3CCCCC[C@H]3[C@H]2NC(=O)OCc2ccccc2)cc1. The number of nitrogens with one attached hydrogen (secondary N) is 3. The highest BCUT2D eigenvalue weighted by Gasteiger charge is 2.54. The zero-order chi connectivity index (χ0) is 26.3. The third-order valence-corrected chi connectivity index (χ3v) is 8.19. The van der Waals surface area contributed by atoms with Crippen LogP contribution in [0.5, 0.6) is 0 Å². The molecule has 3 aromatic rings. The number of fused-ring (bicyclic) bond motifs is 1. The Labute approximate surface area is 223 Å². The van der Waals surface area contributed by atoms with Gasteiger partial charge in [-0.25, -0.2) is 4.79 Å². The number of benzene rings is 2. The Balaban J connectivity index is 1.21. The van der Waals surface area contributed by atoms with Crippen LogP contribution in [0.4, 0.5) is 10.5 Å². The number of alkyl carbamates (subject to hydrolysis) is 1. The van der Waals surface area contributed by atoms with Gasteiger partial charge in [0.05, 0.1) is 5.92 Å². The van der Waals surface area contributed by atoms with E-state index < -0.39 is 6.09 Å². The van der Waals surface area contributed by atoms with E-state index in [0.717, 1.165) is 43.4 Å². The first-order chi connectivity index (χ1) is 18.6. The molecule has 2 amide bonds. The number of ether oxygens (including phenoxy) is 1. The summed E-state index contributed by atoms with van der Waals surface area (Å²) in [7, 11) is 0. The molecule has 1 aromatic heterocycles. The molecule has 0 unspecified atom stereocenters. The van der Waals surface area contributed by atoms with Crippen molar-refractivity contribution >= 4 is 17.7 Å². The van der Waals surface area contributed by atoms with Crippen LogP contribution in [0.25, 0.3) is 0 Å². The number of rotatable bonds is 9. The predicted molar refractivity (Wildman–Crippen MR) is 143 cm³/mol. The molecule has 2 aliphatic rings. The minimum atomic E-state index is -0.462. The van der Waals surface area contributed by atoms with Crippen molar-refractivity contribution in [2.24, 2.45) is 17.8 Å². The summed E-state index contributed by atoms with van der Waals surface area (Å²) in [5.74, 6) is 1.27. The number of H-pyrrole nitrogens is 1. The molecule has 0 bridgehead atoms. The fourth-order valence-electron chi connectivity index (χ4n) is 6.15. The number of amides is 2. The van der Waals surface area contributed by atoms with Crippen molar-refractivity contribution in [3.8, 4) is 0 Å². The molecular formula is C29H36N6O3. The van der Waals surface area contributed by atoms with Crippen molar-refractivity contribution < 1.29 is 14.3 Å². The average molecular weight is 517 g/mol. The number of carbonyl (C=O) groups excluding carboxylic acids is 2. The molecule has 0 radical (unpaired) electrons. The smallest absolute Gasteiger partial charge is 0.407 e. The zero-order valence-corrected chi connectivity index (χ0v) is 21.8. The number of anilines is 1. The topological polar surface area (TPSA) is 122 Å². The van der Waals surface area contributed by atoms with Crippen LogP contribution in [0, 0.1) is 17.8 Å². The first-order valence-electron chi connectivity index (χ1n) is 13.7. The van der Waals surface area contributed by atoms with Gasteiger partial charge in [-0.3, -0.25) is 4.79 Å². The summed E-state index contributed by atoms with van der Waals surface area (Å²) in [5, 5.41) is 20.5. The van der Waals surface area contributed by atoms with Gasteiger partial charge in [0.2, 0.25) is 5.91 Å².